The molecular weight excluding hydrogens is 487 g/mol. The van der Waals surface area contributed by atoms with Gasteiger partial charge in [0.05, 0.1) is 11.1 Å². The van der Waals surface area contributed by atoms with E-state index in [0.29, 0.717) is 11.4 Å². The zero-order valence-corrected chi connectivity index (χ0v) is 18.5. The Morgan fingerprint density at radius 3 is 2.34 bits per heavy atom. The first-order valence-corrected chi connectivity index (χ1v) is 10.3. The fourth-order valence-corrected chi connectivity index (χ4v) is 3.39. The summed E-state index contributed by atoms with van der Waals surface area (Å²) in [4.78, 5) is 12.7. The van der Waals surface area contributed by atoms with Crippen molar-refractivity contribution in [2.24, 2.45) is 16.8 Å². The van der Waals surface area contributed by atoms with E-state index in [0.717, 1.165) is 18.2 Å². The second-order valence-corrected chi connectivity index (χ2v) is 7.62. The number of halogens is 4. The first-order chi connectivity index (χ1) is 16.8. The number of amides is 1. The van der Waals surface area contributed by atoms with E-state index in [4.69, 9.17) is 32.4 Å². The van der Waals surface area contributed by atoms with Crippen molar-refractivity contribution < 1.29 is 27.1 Å². The van der Waals surface area contributed by atoms with E-state index in [-0.39, 0.29) is 40.1 Å². The van der Waals surface area contributed by atoms with Crippen LogP contribution in [0, 0.1) is 17.5 Å². The maximum Gasteiger partial charge on any atom is 0.259 e. The summed E-state index contributed by atoms with van der Waals surface area (Å²) in [5.41, 5.74) is 3.16. The van der Waals surface area contributed by atoms with Crippen LogP contribution in [0.3, 0.4) is 0 Å². The molecule has 0 aliphatic rings. The predicted molar refractivity (Wildman–Crippen MR) is 124 cm³/mol. The summed E-state index contributed by atoms with van der Waals surface area (Å²) >= 11 is 5.47. The molecule has 1 aromatic heterocycles. The van der Waals surface area contributed by atoms with Gasteiger partial charge in [0, 0.05) is 11.1 Å². The summed E-state index contributed by atoms with van der Waals surface area (Å²) < 4.78 is 52.5. The normalized spacial score (nSPS) is 11.5. The summed E-state index contributed by atoms with van der Waals surface area (Å²) in [7, 11) is 0. The standard InChI is InChI=1S/C23H17ClF3N5O3/c24-21-18(26)5-11(6-19(21)27)9-34-13-3-1-12(2-4-13)30-23(33)16-10-35-20-8-15(22(31-28)32-29)17(25)7-14(16)20/h1-8,10H,9,28-29H2,(H,30,33)(H,31,32). The van der Waals surface area contributed by atoms with Crippen LogP contribution in [0.5, 0.6) is 5.75 Å². The maximum atomic E-state index is 14.5. The number of furan rings is 1. The minimum Gasteiger partial charge on any atom is -0.489 e. The van der Waals surface area contributed by atoms with Crippen molar-refractivity contribution in [3.05, 3.63) is 94.0 Å². The van der Waals surface area contributed by atoms with Crippen molar-refractivity contribution in [3.8, 4) is 5.75 Å². The van der Waals surface area contributed by atoms with Crippen LogP contribution < -0.4 is 27.2 Å². The molecule has 0 radical (unpaired) electrons. The number of hydrogen-bond donors (Lipinski definition) is 4. The van der Waals surface area contributed by atoms with Gasteiger partial charge >= 0.3 is 0 Å². The monoisotopic (exact) mass is 503 g/mol. The van der Waals surface area contributed by atoms with Crippen molar-refractivity contribution in [3.63, 3.8) is 0 Å². The van der Waals surface area contributed by atoms with E-state index in [1.807, 2.05) is 0 Å². The highest BCUT2D eigenvalue weighted by atomic mass is 35.5. The Morgan fingerprint density at radius 2 is 1.71 bits per heavy atom. The van der Waals surface area contributed by atoms with Gasteiger partial charge in [0.1, 0.15) is 46.7 Å². The van der Waals surface area contributed by atoms with Crippen LogP contribution in [0.2, 0.25) is 5.02 Å². The zero-order chi connectivity index (χ0) is 25.1. The van der Waals surface area contributed by atoms with Gasteiger partial charge in [-0.05, 0) is 54.1 Å². The molecule has 0 aliphatic heterocycles. The topological polar surface area (TPSA) is 128 Å². The zero-order valence-electron chi connectivity index (χ0n) is 17.7. The number of anilines is 1. The molecule has 0 atom stereocenters. The van der Waals surface area contributed by atoms with Gasteiger partial charge in [-0.15, -0.1) is 0 Å². The van der Waals surface area contributed by atoms with Crippen LogP contribution in [0.1, 0.15) is 21.5 Å². The molecule has 0 fully saturated rings. The number of ether oxygens (including phenoxy) is 1. The Balaban J connectivity index is 1.45. The van der Waals surface area contributed by atoms with Gasteiger partial charge in [0.15, 0.2) is 5.84 Å². The molecular formula is C23H17ClF3N5O3. The molecule has 0 saturated heterocycles. The second-order valence-electron chi connectivity index (χ2n) is 7.24. The Hall–Kier alpha value is -4.22. The molecule has 4 rings (SSSR count). The Kier molecular flexibility index (Phi) is 6.80. The summed E-state index contributed by atoms with van der Waals surface area (Å²) in [6.07, 6.45) is 1.19. The van der Waals surface area contributed by atoms with Crippen LogP contribution in [-0.2, 0) is 6.61 Å². The highest BCUT2D eigenvalue weighted by Crippen LogP contribution is 2.27. The average molecular weight is 504 g/mol. The SMILES string of the molecule is N/N=C(\NN)c1cc2occ(C(=O)Nc3ccc(OCc4cc(F)c(Cl)c(F)c4)cc3)c2cc1F. The van der Waals surface area contributed by atoms with Crippen LogP contribution in [0.4, 0.5) is 18.9 Å². The average Bonchev–Trinajstić information content (AvgIpc) is 3.25. The number of nitrogens with one attached hydrogen (secondary N) is 2. The Morgan fingerprint density at radius 1 is 1.03 bits per heavy atom. The van der Waals surface area contributed by atoms with Crippen molar-refractivity contribution >= 4 is 40.0 Å². The summed E-state index contributed by atoms with van der Waals surface area (Å²) in [5, 5.41) is 5.69. The van der Waals surface area contributed by atoms with E-state index in [2.05, 4.69) is 15.8 Å². The molecule has 1 amide bonds. The third-order valence-corrected chi connectivity index (χ3v) is 5.35. The third-order valence-electron chi connectivity index (χ3n) is 4.99. The predicted octanol–water partition coefficient (Wildman–Crippen LogP) is 4.42. The van der Waals surface area contributed by atoms with Crippen LogP contribution in [0.15, 0.2) is 64.3 Å². The summed E-state index contributed by atoms with van der Waals surface area (Å²) in [5.74, 6) is 7.75. The molecule has 12 heteroatoms. The van der Waals surface area contributed by atoms with Crippen LogP contribution in [-0.4, -0.2) is 11.7 Å². The lowest BCUT2D eigenvalue weighted by Gasteiger charge is -2.09. The first kappa shape index (κ1) is 23.9. The summed E-state index contributed by atoms with van der Waals surface area (Å²) in [6.45, 7) is -0.0957. The van der Waals surface area contributed by atoms with Gasteiger partial charge < -0.3 is 25.7 Å². The number of amidine groups is 1. The van der Waals surface area contributed by atoms with Crippen LogP contribution in [0.25, 0.3) is 11.0 Å². The summed E-state index contributed by atoms with van der Waals surface area (Å²) in [6, 6.07) is 10.8. The molecule has 0 spiro atoms. The van der Waals surface area contributed by atoms with E-state index >= 15 is 0 Å². The van der Waals surface area contributed by atoms with Crippen molar-refractivity contribution in [1.29, 1.82) is 0 Å². The number of hydrazine groups is 1. The number of carbonyl (C=O) groups is 1. The van der Waals surface area contributed by atoms with Gasteiger partial charge in [0.2, 0.25) is 0 Å². The number of carbonyl (C=O) groups excluding carboxylic acids is 1. The molecule has 0 bridgehead atoms. The Bertz CT molecular complexity index is 1420. The lowest BCUT2D eigenvalue weighted by molar-refractivity contribution is 0.102. The van der Waals surface area contributed by atoms with Gasteiger partial charge in [0.25, 0.3) is 5.91 Å². The molecule has 0 unspecified atom stereocenters. The molecule has 8 nitrogen and oxygen atoms in total. The Labute approximate surface area is 201 Å². The molecule has 35 heavy (non-hydrogen) atoms. The lowest BCUT2D eigenvalue weighted by Crippen LogP contribution is -2.32. The first-order valence-electron chi connectivity index (χ1n) is 9.94. The number of rotatable bonds is 6. The third kappa shape index (κ3) is 5.00. The highest BCUT2D eigenvalue weighted by Gasteiger charge is 2.19. The van der Waals surface area contributed by atoms with E-state index < -0.39 is 28.4 Å². The molecule has 180 valence electrons. The minimum atomic E-state index is -0.879. The van der Waals surface area contributed by atoms with Gasteiger partial charge in [-0.2, -0.15) is 5.10 Å². The van der Waals surface area contributed by atoms with Gasteiger partial charge in [-0.1, -0.05) is 11.6 Å². The van der Waals surface area contributed by atoms with E-state index in [9.17, 15) is 18.0 Å². The highest BCUT2D eigenvalue weighted by molar-refractivity contribution is 6.30. The fourth-order valence-electron chi connectivity index (χ4n) is 3.28. The second kappa shape index (κ2) is 9.95. The van der Waals surface area contributed by atoms with Crippen LogP contribution >= 0.6 is 11.6 Å². The molecule has 0 saturated carbocycles. The van der Waals surface area contributed by atoms with E-state index in [1.165, 1.54) is 12.3 Å². The molecule has 0 aliphatic carbocycles. The number of benzene rings is 3. The van der Waals surface area contributed by atoms with Gasteiger partial charge in [-0.3, -0.25) is 4.79 Å². The largest absolute Gasteiger partial charge is 0.489 e. The van der Waals surface area contributed by atoms with Crippen molar-refractivity contribution in [2.75, 3.05) is 5.32 Å². The number of fused-ring (bicyclic) bond motifs is 1. The number of nitrogens with zero attached hydrogens (tertiary/aromatic N) is 1. The quantitative estimate of drug-likeness (QED) is 0.101. The lowest BCUT2D eigenvalue weighted by atomic mass is 10.1. The maximum absolute atomic E-state index is 14.5. The van der Waals surface area contributed by atoms with Crippen molar-refractivity contribution in [2.45, 2.75) is 6.61 Å². The molecule has 4 aromatic rings. The number of hydrazone groups is 1. The fraction of sp³-hybridized carbons (Fsp3) is 0.0435. The number of nitrogens with two attached hydrogens (primary N) is 2. The van der Waals surface area contributed by atoms with Gasteiger partial charge in [-0.25, -0.2) is 19.0 Å². The molecule has 1 heterocycles. The van der Waals surface area contributed by atoms with E-state index in [1.54, 1.807) is 24.3 Å². The minimum absolute atomic E-state index is 0.0246. The molecule has 3 aromatic carbocycles. The molecule has 6 N–H and O–H groups in total. The smallest absolute Gasteiger partial charge is 0.259 e. The number of hydrogen-bond acceptors (Lipinski definition) is 6. The van der Waals surface area contributed by atoms with Crippen molar-refractivity contribution in [1.82, 2.24) is 5.43 Å².